The molecule has 0 amide bonds. The van der Waals surface area contributed by atoms with E-state index in [1.807, 2.05) is 51.1 Å². The van der Waals surface area contributed by atoms with Gasteiger partial charge in [-0.3, -0.25) is 5.41 Å². The number of halogens is 3. The third kappa shape index (κ3) is 7.43. The van der Waals surface area contributed by atoms with Gasteiger partial charge in [-0.1, -0.05) is 97.9 Å². The van der Waals surface area contributed by atoms with Gasteiger partial charge in [-0.2, -0.15) is 0 Å². The van der Waals surface area contributed by atoms with Crippen molar-refractivity contribution < 1.29 is 23.7 Å². The Labute approximate surface area is 233 Å². The van der Waals surface area contributed by atoms with Crippen LogP contribution in [0.1, 0.15) is 46.6 Å². The molecule has 0 radical (unpaired) electrons. The Morgan fingerprint density at radius 3 is 2.30 bits per heavy atom. The topological polar surface area (TPSA) is 119 Å². The average Bonchev–Trinajstić information content (AvgIpc) is 2.86. The number of nitrogens with one attached hydrogen (secondary N) is 1. The van der Waals surface area contributed by atoms with E-state index < -0.39 is 40.5 Å². The largest absolute Gasteiger partial charge is 0.448 e. The molecular formula is C25H35Cl3N4O5. The SMILES string of the molecule is CCC1O[C@H](OC(=N)C(Cl)(Cl)Cl)C(N=[N+]=[N-])[C@@H](C)[C@H]1O[C@@H]1OC(C)[C@@H](C)[C@@H](OCc2ccccc2)C1C. The minimum absolute atomic E-state index is 0.0796. The van der Waals surface area contributed by atoms with Crippen molar-refractivity contribution in [2.24, 2.45) is 22.9 Å². The first-order chi connectivity index (χ1) is 17.5. The zero-order valence-corrected chi connectivity index (χ0v) is 23.9. The van der Waals surface area contributed by atoms with Gasteiger partial charge in [-0.05, 0) is 30.4 Å². The van der Waals surface area contributed by atoms with E-state index in [-0.39, 0.29) is 30.0 Å². The molecule has 0 spiro atoms. The highest BCUT2D eigenvalue weighted by molar-refractivity contribution is 6.76. The molecule has 0 bridgehead atoms. The first kappa shape index (κ1) is 30.3. The maximum Gasteiger partial charge on any atom is 0.265 e. The molecule has 12 heteroatoms. The Morgan fingerprint density at radius 1 is 1.03 bits per heavy atom. The summed E-state index contributed by atoms with van der Waals surface area (Å²) in [4.78, 5) is 2.95. The van der Waals surface area contributed by atoms with Gasteiger partial charge in [0.25, 0.3) is 3.79 Å². The Bertz CT molecular complexity index is 946. The molecule has 2 aliphatic rings. The fourth-order valence-corrected chi connectivity index (χ4v) is 5.03. The molecule has 0 aromatic heterocycles. The number of hydrogen-bond donors (Lipinski definition) is 1. The average molecular weight is 578 g/mol. The lowest BCUT2D eigenvalue weighted by Crippen LogP contribution is -2.58. The van der Waals surface area contributed by atoms with E-state index in [0.29, 0.717) is 13.0 Å². The maximum absolute atomic E-state index is 9.21. The number of ether oxygens (including phenoxy) is 5. The minimum atomic E-state index is -2.07. The third-order valence-corrected chi connectivity index (χ3v) is 7.74. The lowest BCUT2D eigenvalue weighted by atomic mass is 9.85. The molecule has 0 saturated carbocycles. The molecule has 2 saturated heterocycles. The molecule has 1 aromatic rings. The van der Waals surface area contributed by atoms with Crippen LogP contribution in [0.2, 0.25) is 0 Å². The van der Waals surface area contributed by atoms with Crippen LogP contribution in [0.25, 0.3) is 10.4 Å². The predicted octanol–water partition coefficient (Wildman–Crippen LogP) is 6.79. The van der Waals surface area contributed by atoms with Gasteiger partial charge >= 0.3 is 0 Å². The molecule has 10 atom stereocenters. The van der Waals surface area contributed by atoms with Crippen LogP contribution in [0.4, 0.5) is 0 Å². The smallest absolute Gasteiger partial charge is 0.265 e. The van der Waals surface area contributed by atoms with E-state index in [4.69, 9.17) is 63.9 Å². The highest BCUT2D eigenvalue weighted by Crippen LogP contribution is 2.39. The Balaban J connectivity index is 1.76. The van der Waals surface area contributed by atoms with E-state index in [1.165, 1.54) is 0 Å². The Kier molecular flexibility index (Phi) is 10.8. The zero-order chi connectivity index (χ0) is 27.3. The summed E-state index contributed by atoms with van der Waals surface area (Å²) in [6.07, 6.45) is -2.23. The Morgan fingerprint density at radius 2 is 1.70 bits per heavy atom. The van der Waals surface area contributed by atoms with Crippen LogP contribution in [0, 0.1) is 23.2 Å². The summed E-state index contributed by atoms with van der Waals surface area (Å²) in [6, 6.07) is 9.21. The molecule has 2 heterocycles. The third-order valence-electron chi connectivity index (χ3n) is 7.22. The molecule has 37 heavy (non-hydrogen) atoms. The number of azide groups is 1. The second-order valence-corrected chi connectivity index (χ2v) is 12.0. The molecule has 0 aliphatic carbocycles. The second-order valence-electron chi connectivity index (χ2n) is 9.74. The highest BCUT2D eigenvalue weighted by atomic mass is 35.6. The van der Waals surface area contributed by atoms with Gasteiger partial charge in [0, 0.05) is 16.7 Å². The molecular weight excluding hydrogens is 543 g/mol. The zero-order valence-electron chi connectivity index (χ0n) is 21.6. The van der Waals surface area contributed by atoms with Crippen LogP contribution in [0.15, 0.2) is 35.4 Å². The monoisotopic (exact) mass is 576 g/mol. The van der Waals surface area contributed by atoms with Crippen molar-refractivity contribution in [1.29, 1.82) is 5.41 Å². The first-order valence-corrected chi connectivity index (χ1v) is 13.6. The summed E-state index contributed by atoms with van der Waals surface area (Å²) >= 11 is 17.3. The summed E-state index contributed by atoms with van der Waals surface area (Å²) in [5, 5.41) is 11.8. The number of benzene rings is 1. The lowest BCUT2D eigenvalue weighted by molar-refractivity contribution is -0.316. The van der Waals surface area contributed by atoms with Gasteiger partial charge in [0.05, 0.1) is 31.0 Å². The maximum atomic E-state index is 9.21. The van der Waals surface area contributed by atoms with Gasteiger partial charge in [0.15, 0.2) is 6.29 Å². The minimum Gasteiger partial charge on any atom is -0.448 e. The van der Waals surface area contributed by atoms with Crippen molar-refractivity contribution in [3.8, 4) is 0 Å². The summed E-state index contributed by atoms with van der Waals surface area (Å²) in [5.74, 6) is -0.893. The molecule has 9 nitrogen and oxygen atoms in total. The first-order valence-electron chi connectivity index (χ1n) is 12.5. The summed E-state index contributed by atoms with van der Waals surface area (Å²) < 4.78 is 28.7. The molecule has 3 rings (SSSR count). The number of rotatable bonds is 8. The number of nitrogens with zero attached hydrogens (tertiary/aromatic N) is 3. The van der Waals surface area contributed by atoms with Gasteiger partial charge < -0.3 is 23.7 Å². The van der Waals surface area contributed by atoms with E-state index in [9.17, 15) is 5.53 Å². The normalized spacial score (nSPS) is 36.4. The van der Waals surface area contributed by atoms with E-state index in [1.54, 1.807) is 0 Å². The van der Waals surface area contributed by atoms with E-state index in [2.05, 4.69) is 23.9 Å². The van der Waals surface area contributed by atoms with E-state index in [0.717, 1.165) is 5.56 Å². The molecule has 4 unspecified atom stereocenters. The van der Waals surface area contributed by atoms with Gasteiger partial charge in [-0.25, -0.2) is 0 Å². The van der Waals surface area contributed by atoms with Crippen LogP contribution in [-0.2, 0) is 30.3 Å². The van der Waals surface area contributed by atoms with Crippen molar-refractivity contribution in [3.05, 3.63) is 46.3 Å². The molecule has 2 fully saturated rings. The predicted molar refractivity (Wildman–Crippen MR) is 143 cm³/mol. The van der Waals surface area contributed by atoms with Crippen LogP contribution < -0.4 is 0 Å². The molecule has 1 aromatic carbocycles. The molecule has 2 aliphatic heterocycles. The van der Waals surface area contributed by atoms with Crippen molar-refractivity contribution in [2.75, 3.05) is 0 Å². The van der Waals surface area contributed by atoms with Crippen LogP contribution in [-0.4, -0.2) is 52.7 Å². The number of hydrogen-bond acceptors (Lipinski definition) is 7. The summed E-state index contributed by atoms with van der Waals surface area (Å²) in [5.41, 5.74) is 10.3. The second kappa shape index (κ2) is 13.2. The van der Waals surface area contributed by atoms with Crippen molar-refractivity contribution in [2.45, 2.75) is 94.5 Å². The van der Waals surface area contributed by atoms with Crippen molar-refractivity contribution >= 4 is 40.7 Å². The fourth-order valence-electron chi connectivity index (χ4n) is 4.89. The standard InChI is InChI=1S/C25H35Cl3N4O5/c1-6-18-21(14(3)19(31-32-30)23(35-18)37-24(29)25(26,27)28)36-22-15(4)20(13(2)16(5)34-22)33-12-17-10-8-7-9-11-17/h7-11,13-16,18-23,29H,6,12H2,1-5H3/t13-,14-,15?,16?,18?,19?,20-,21-,22+,23-/m1/s1. The summed E-state index contributed by atoms with van der Waals surface area (Å²) in [6.45, 7) is 10.5. The van der Waals surface area contributed by atoms with Crippen molar-refractivity contribution in [3.63, 3.8) is 0 Å². The van der Waals surface area contributed by atoms with E-state index >= 15 is 0 Å². The highest BCUT2D eigenvalue weighted by Gasteiger charge is 2.49. The van der Waals surface area contributed by atoms with Gasteiger partial charge in [0.2, 0.25) is 12.2 Å². The molecule has 206 valence electrons. The van der Waals surface area contributed by atoms with Crippen LogP contribution in [0.5, 0.6) is 0 Å². The van der Waals surface area contributed by atoms with Gasteiger partial charge in [0.1, 0.15) is 6.04 Å². The molecule has 1 N–H and O–H groups in total. The van der Waals surface area contributed by atoms with Gasteiger partial charge in [-0.15, -0.1) is 0 Å². The lowest BCUT2D eigenvalue weighted by Gasteiger charge is -2.48. The van der Waals surface area contributed by atoms with Crippen molar-refractivity contribution in [1.82, 2.24) is 0 Å². The summed E-state index contributed by atoms with van der Waals surface area (Å²) in [7, 11) is 0. The van der Waals surface area contributed by atoms with Crippen LogP contribution in [0.3, 0.4) is 0 Å². The quantitative estimate of drug-likeness (QED) is 0.0911. The number of alkyl halides is 3. The fraction of sp³-hybridized carbons (Fsp3) is 0.720. The Hall–Kier alpha value is -1.29. The van der Waals surface area contributed by atoms with Crippen LogP contribution >= 0.6 is 34.8 Å².